The Morgan fingerprint density at radius 1 is 1.33 bits per heavy atom. The highest BCUT2D eigenvalue weighted by Gasteiger charge is 2.38. The first-order chi connectivity index (χ1) is 13.7. The second-order valence-electron chi connectivity index (χ2n) is 7.22. The average Bonchev–Trinajstić information content (AvgIpc) is 3.02. The third-order valence-electron chi connectivity index (χ3n) is 3.45. The zero-order chi connectivity index (χ0) is 23.1. The molecule has 1 atom stereocenters. The largest absolute Gasteiger partial charge is 0.490 e. The molecule has 0 saturated carbocycles. The van der Waals surface area contributed by atoms with Gasteiger partial charge in [0.2, 0.25) is 0 Å². The maximum absolute atomic E-state index is 12.2. The molecule has 2 rings (SSSR count). The van der Waals surface area contributed by atoms with Crippen molar-refractivity contribution in [2.75, 3.05) is 13.1 Å². The van der Waals surface area contributed by atoms with E-state index in [1.807, 2.05) is 26.8 Å². The number of aliphatic carboxylic acids is 1. The van der Waals surface area contributed by atoms with E-state index in [0.717, 1.165) is 18.5 Å². The number of alkyl halides is 3. The predicted octanol–water partition coefficient (Wildman–Crippen LogP) is 3.32. The number of aromatic nitrogens is 2. The maximum Gasteiger partial charge on any atom is 0.490 e. The zero-order valence-electron chi connectivity index (χ0n) is 16.9. The summed E-state index contributed by atoms with van der Waals surface area (Å²) in [5.41, 5.74) is 0.498. The van der Waals surface area contributed by atoms with Gasteiger partial charge in [0.1, 0.15) is 11.4 Å². The van der Waals surface area contributed by atoms with E-state index in [-0.39, 0.29) is 10.4 Å². The van der Waals surface area contributed by atoms with Gasteiger partial charge in [0.25, 0.3) is 0 Å². The smallest absolute Gasteiger partial charge is 0.475 e. The molecule has 0 aliphatic carbocycles. The van der Waals surface area contributed by atoms with Crippen molar-refractivity contribution in [3.8, 4) is 0 Å². The number of hydrogen-bond donors (Lipinski definition) is 2. The van der Waals surface area contributed by atoms with Crippen LogP contribution in [-0.2, 0) is 14.3 Å². The van der Waals surface area contributed by atoms with Gasteiger partial charge in [0, 0.05) is 31.1 Å². The summed E-state index contributed by atoms with van der Waals surface area (Å²) in [5.74, 6) is -2.24. The van der Waals surface area contributed by atoms with Gasteiger partial charge >= 0.3 is 18.2 Å². The van der Waals surface area contributed by atoms with Crippen LogP contribution in [0, 0.1) is 0 Å². The molecule has 1 aliphatic rings. The zero-order valence-corrected chi connectivity index (χ0v) is 17.8. The minimum atomic E-state index is -5.08. The molecule has 1 fully saturated rings. The summed E-state index contributed by atoms with van der Waals surface area (Å²) < 4.78 is 38.5. The molecular weight excluding hydrogens is 427 g/mol. The Labute approximate surface area is 175 Å². The number of rotatable bonds is 2. The van der Waals surface area contributed by atoms with E-state index in [1.54, 1.807) is 19.3 Å². The monoisotopic (exact) mass is 451 g/mol. The molecule has 1 aromatic rings. The lowest BCUT2D eigenvalue weighted by atomic mass is 10.1. The summed E-state index contributed by atoms with van der Waals surface area (Å²) >= 11 is 1.33. The van der Waals surface area contributed by atoms with Gasteiger partial charge in [0.05, 0.1) is 0 Å². The van der Waals surface area contributed by atoms with Gasteiger partial charge in [-0.15, -0.1) is 0 Å². The average molecular weight is 451 g/mol. The molecule has 0 aromatic carbocycles. The van der Waals surface area contributed by atoms with Crippen molar-refractivity contribution in [2.45, 2.75) is 51.1 Å². The van der Waals surface area contributed by atoms with E-state index in [9.17, 15) is 22.8 Å². The molecule has 0 spiro atoms. The number of carboxylic acids is 1. The van der Waals surface area contributed by atoms with E-state index >= 15 is 0 Å². The third-order valence-corrected chi connectivity index (χ3v) is 4.61. The lowest BCUT2D eigenvalue weighted by Gasteiger charge is -2.25. The first kappa shape index (κ1) is 25.7. The van der Waals surface area contributed by atoms with Crippen molar-refractivity contribution >= 4 is 35.0 Å². The highest BCUT2D eigenvalue weighted by molar-refractivity contribution is 8.14. The Hall–Kier alpha value is -2.34. The van der Waals surface area contributed by atoms with Crippen molar-refractivity contribution < 1.29 is 37.4 Å². The second kappa shape index (κ2) is 10.6. The fourth-order valence-corrected chi connectivity index (χ4v) is 3.24. The molecule has 2 N–H and O–H groups in total. The summed E-state index contributed by atoms with van der Waals surface area (Å²) in [6, 6.07) is 0. The predicted molar refractivity (Wildman–Crippen MR) is 105 cm³/mol. The van der Waals surface area contributed by atoms with Crippen LogP contribution in [0.4, 0.5) is 18.0 Å². The van der Waals surface area contributed by atoms with E-state index in [0.29, 0.717) is 12.4 Å². The Bertz CT molecular complexity index is 800. The van der Waals surface area contributed by atoms with Crippen molar-refractivity contribution in [3.63, 3.8) is 0 Å². The molecule has 2 heterocycles. The van der Waals surface area contributed by atoms with Gasteiger partial charge < -0.3 is 15.2 Å². The number of ether oxygens (including phenoxy) is 1. The molecule has 0 radical (unpaired) electrons. The second-order valence-corrected chi connectivity index (χ2v) is 8.60. The van der Waals surface area contributed by atoms with Gasteiger partial charge in [-0.1, -0.05) is 11.8 Å². The molecule has 1 unspecified atom stereocenters. The van der Waals surface area contributed by atoms with E-state index in [2.05, 4.69) is 10.3 Å². The minimum absolute atomic E-state index is 0.0956. The number of hydrogen-bond acceptors (Lipinski definition) is 7. The lowest BCUT2D eigenvalue weighted by Crippen LogP contribution is -2.32. The van der Waals surface area contributed by atoms with Crippen molar-refractivity contribution in [1.29, 1.82) is 0 Å². The van der Waals surface area contributed by atoms with Gasteiger partial charge in [-0.2, -0.15) is 13.2 Å². The third kappa shape index (κ3) is 8.99. The SMILES string of the molecule is CC(=O)SC1CCNCC1=Cc1nccn1C(=O)OC(C)(C)C.O=C(O)C(F)(F)F. The summed E-state index contributed by atoms with van der Waals surface area (Å²) in [5, 5.41) is 10.6. The molecule has 8 nitrogen and oxygen atoms in total. The van der Waals surface area contributed by atoms with Crippen LogP contribution in [0.5, 0.6) is 0 Å². The van der Waals surface area contributed by atoms with Crippen LogP contribution in [0.1, 0.15) is 39.9 Å². The van der Waals surface area contributed by atoms with Crippen LogP contribution >= 0.6 is 11.8 Å². The van der Waals surface area contributed by atoms with Crippen LogP contribution < -0.4 is 5.32 Å². The van der Waals surface area contributed by atoms with Crippen molar-refractivity contribution in [3.05, 3.63) is 23.8 Å². The number of nitrogens with one attached hydrogen (secondary N) is 1. The van der Waals surface area contributed by atoms with Crippen LogP contribution in [0.25, 0.3) is 6.08 Å². The topological polar surface area (TPSA) is 111 Å². The number of carbonyl (C=O) groups is 3. The molecule has 12 heteroatoms. The lowest BCUT2D eigenvalue weighted by molar-refractivity contribution is -0.192. The number of carboxylic acid groups (broad SMARTS) is 1. The van der Waals surface area contributed by atoms with Crippen LogP contribution in [0.3, 0.4) is 0 Å². The molecule has 1 aromatic heterocycles. The number of imidazole rings is 1. The Kier molecular flexibility index (Phi) is 9.09. The molecule has 30 heavy (non-hydrogen) atoms. The number of carbonyl (C=O) groups excluding carboxylic acids is 2. The van der Waals surface area contributed by atoms with Crippen molar-refractivity contribution in [1.82, 2.24) is 14.9 Å². The van der Waals surface area contributed by atoms with Gasteiger partial charge in [0.15, 0.2) is 5.12 Å². The van der Waals surface area contributed by atoms with Crippen molar-refractivity contribution in [2.24, 2.45) is 0 Å². The Morgan fingerprint density at radius 2 is 1.93 bits per heavy atom. The molecule has 168 valence electrons. The molecule has 1 saturated heterocycles. The van der Waals surface area contributed by atoms with E-state index in [4.69, 9.17) is 14.6 Å². The quantitative estimate of drug-likeness (QED) is 0.705. The van der Waals surface area contributed by atoms with Gasteiger partial charge in [-0.3, -0.25) is 4.79 Å². The fourth-order valence-electron chi connectivity index (χ4n) is 2.30. The first-order valence-electron chi connectivity index (χ1n) is 8.86. The normalized spacial score (nSPS) is 18.4. The summed E-state index contributed by atoms with van der Waals surface area (Å²) in [6.07, 6.45) is 0.366. The molecule has 0 amide bonds. The number of halogens is 3. The Morgan fingerprint density at radius 3 is 2.43 bits per heavy atom. The number of nitrogens with zero attached hydrogens (tertiary/aromatic N) is 2. The number of thioether (sulfide) groups is 1. The van der Waals surface area contributed by atoms with E-state index in [1.165, 1.54) is 16.3 Å². The highest BCUT2D eigenvalue weighted by atomic mass is 32.2. The molecule has 0 bridgehead atoms. The molecule has 1 aliphatic heterocycles. The van der Waals surface area contributed by atoms with Gasteiger partial charge in [-0.05, 0) is 45.4 Å². The summed E-state index contributed by atoms with van der Waals surface area (Å²) in [7, 11) is 0. The minimum Gasteiger partial charge on any atom is -0.475 e. The van der Waals surface area contributed by atoms with Crippen LogP contribution in [-0.4, -0.2) is 62.0 Å². The molecular formula is C18H24F3N3O5S. The van der Waals surface area contributed by atoms with Crippen LogP contribution in [0.15, 0.2) is 18.0 Å². The standard InChI is InChI=1S/C16H23N3O3S.C2HF3O2/c1-11(20)23-13-5-6-17-10-12(13)9-14-18-7-8-19(14)15(21)22-16(2,3)4;3-2(4,5)1(6)7/h7-9,13,17H,5-6,10H2,1-4H3;(H,6,7). The fraction of sp³-hybridized carbons (Fsp3) is 0.556. The van der Waals surface area contributed by atoms with Gasteiger partial charge in [-0.25, -0.2) is 19.1 Å². The Balaban J connectivity index is 0.000000553. The first-order valence-corrected chi connectivity index (χ1v) is 9.74. The highest BCUT2D eigenvalue weighted by Crippen LogP contribution is 2.27. The van der Waals surface area contributed by atoms with E-state index < -0.39 is 23.8 Å². The van der Waals surface area contributed by atoms with Crippen LogP contribution in [0.2, 0.25) is 0 Å². The number of piperidine rings is 1. The summed E-state index contributed by atoms with van der Waals surface area (Å²) in [6.45, 7) is 8.61. The maximum atomic E-state index is 12.2. The summed E-state index contributed by atoms with van der Waals surface area (Å²) in [4.78, 5) is 36.8.